The smallest absolute Gasteiger partial charge is 0.138 e. The molecule has 0 aromatic heterocycles. The van der Waals surface area contributed by atoms with E-state index >= 15 is 0 Å². The second-order valence-corrected chi connectivity index (χ2v) is 5.95. The number of benzene rings is 2. The number of ether oxygens (including phenoxy) is 1. The molecule has 110 valence electrons. The fourth-order valence-corrected chi connectivity index (χ4v) is 2.39. The van der Waals surface area contributed by atoms with Crippen LogP contribution in [0.1, 0.15) is 37.3 Å². The van der Waals surface area contributed by atoms with E-state index in [1.165, 1.54) is 5.56 Å². The molecule has 2 rings (SSSR count). The van der Waals surface area contributed by atoms with E-state index in [-0.39, 0.29) is 5.84 Å². The first-order valence-corrected chi connectivity index (χ1v) is 7.72. The molecule has 0 aliphatic heterocycles. The molecule has 3 N–H and O–H groups in total. The number of amidine groups is 1. The zero-order chi connectivity index (χ0) is 15.4. The average Bonchev–Trinajstić information content (AvgIpc) is 2.49. The van der Waals surface area contributed by atoms with Crippen LogP contribution in [0.4, 0.5) is 0 Å². The molecule has 1 atom stereocenters. The van der Waals surface area contributed by atoms with E-state index in [0.717, 1.165) is 16.6 Å². The molecule has 0 aliphatic carbocycles. The Hall–Kier alpha value is -1.81. The van der Waals surface area contributed by atoms with E-state index in [1.807, 2.05) is 24.3 Å². The fraction of sp³-hybridized carbons (Fsp3) is 0.235. The minimum atomic E-state index is -0.0116. The minimum Gasteiger partial charge on any atom is -0.457 e. The van der Waals surface area contributed by atoms with E-state index in [1.54, 1.807) is 6.07 Å². The maximum absolute atomic E-state index is 7.63. The van der Waals surface area contributed by atoms with Crippen LogP contribution in [0.25, 0.3) is 0 Å². The maximum Gasteiger partial charge on any atom is 0.138 e. The van der Waals surface area contributed by atoms with Crippen molar-refractivity contribution in [2.75, 3.05) is 0 Å². The Bertz CT molecular complexity index is 638. The lowest BCUT2D eigenvalue weighted by atomic mass is 9.99. The van der Waals surface area contributed by atoms with E-state index < -0.39 is 0 Å². The number of hydrogen-bond acceptors (Lipinski definition) is 2. The fourth-order valence-electron chi connectivity index (χ4n) is 2.03. The third-order valence-electron chi connectivity index (χ3n) is 3.52. The highest BCUT2D eigenvalue weighted by Gasteiger charge is 2.09. The van der Waals surface area contributed by atoms with Crippen LogP contribution in [0.2, 0.25) is 0 Å². The first kappa shape index (κ1) is 15.6. The van der Waals surface area contributed by atoms with Gasteiger partial charge in [0.1, 0.15) is 17.3 Å². The Balaban J connectivity index is 2.24. The molecule has 0 spiro atoms. The SMILES string of the molecule is CCC(C)c1ccc(Oc2ccc(Br)cc2C(=N)N)cc1. The molecule has 2 aromatic carbocycles. The molecule has 1 unspecified atom stereocenters. The van der Waals surface area contributed by atoms with Crippen molar-refractivity contribution < 1.29 is 4.74 Å². The Labute approximate surface area is 133 Å². The standard InChI is InChI=1S/C17H19BrN2O/c1-3-11(2)12-4-7-14(8-5-12)21-16-9-6-13(18)10-15(16)17(19)20/h4-11H,3H2,1-2H3,(H3,19,20). The van der Waals surface area contributed by atoms with Crippen molar-refractivity contribution in [3.8, 4) is 11.5 Å². The van der Waals surface area contributed by atoms with Crippen molar-refractivity contribution in [2.24, 2.45) is 5.73 Å². The van der Waals surface area contributed by atoms with Gasteiger partial charge >= 0.3 is 0 Å². The highest BCUT2D eigenvalue weighted by atomic mass is 79.9. The Morgan fingerprint density at radius 1 is 1.24 bits per heavy atom. The highest BCUT2D eigenvalue weighted by molar-refractivity contribution is 9.10. The lowest BCUT2D eigenvalue weighted by Gasteiger charge is -2.13. The lowest BCUT2D eigenvalue weighted by Crippen LogP contribution is -2.12. The molecule has 21 heavy (non-hydrogen) atoms. The Kier molecular flexibility index (Phi) is 5.02. The van der Waals surface area contributed by atoms with Gasteiger partial charge in [-0.25, -0.2) is 0 Å². The summed E-state index contributed by atoms with van der Waals surface area (Å²) in [4.78, 5) is 0. The summed E-state index contributed by atoms with van der Waals surface area (Å²) < 4.78 is 6.72. The number of halogens is 1. The molecule has 0 amide bonds. The molecule has 0 fully saturated rings. The third kappa shape index (κ3) is 3.85. The topological polar surface area (TPSA) is 59.1 Å². The van der Waals surface area contributed by atoms with Gasteiger partial charge in [-0.15, -0.1) is 0 Å². The number of nitrogens with two attached hydrogens (primary N) is 1. The van der Waals surface area contributed by atoms with Crippen LogP contribution in [0.5, 0.6) is 11.5 Å². The molecular weight excluding hydrogens is 328 g/mol. The van der Waals surface area contributed by atoms with Crippen LogP contribution in [0, 0.1) is 5.41 Å². The first-order valence-electron chi connectivity index (χ1n) is 6.93. The van der Waals surface area contributed by atoms with Crippen LogP contribution < -0.4 is 10.5 Å². The van der Waals surface area contributed by atoms with Gasteiger partial charge < -0.3 is 10.5 Å². The number of nitrogens with one attached hydrogen (secondary N) is 1. The molecule has 0 radical (unpaired) electrons. The van der Waals surface area contributed by atoms with E-state index in [4.69, 9.17) is 15.9 Å². The summed E-state index contributed by atoms with van der Waals surface area (Å²) in [5.74, 6) is 1.86. The van der Waals surface area contributed by atoms with Crippen LogP contribution in [0.15, 0.2) is 46.9 Å². The molecule has 0 bridgehead atoms. The van der Waals surface area contributed by atoms with Gasteiger partial charge in [-0.3, -0.25) is 5.41 Å². The molecular formula is C17H19BrN2O. The van der Waals surface area contributed by atoms with Crippen molar-refractivity contribution in [1.29, 1.82) is 5.41 Å². The highest BCUT2D eigenvalue weighted by Crippen LogP contribution is 2.29. The zero-order valence-corrected chi connectivity index (χ0v) is 13.8. The van der Waals surface area contributed by atoms with Gasteiger partial charge in [-0.2, -0.15) is 0 Å². The number of nitrogen functional groups attached to an aromatic ring is 1. The molecule has 0 saturated carbocycles. The van der Waals surface area contributed by atoms with Gasteiger partial charge in [0.25, 0.3) is 0 Å². The number of rotatable bonds is 5. The molecule has 2 aromatic rings. The predicted molar refractivity (Wildman–Crippen MR) is 90.4 cm³/mol. The van der Waals surface area contributed by atoms with Gasteiger partial charge in [0.05, 0.1) is 5.56 Å². The van der Waals surface area contributed by atoms with Crippen LogP contribution in [-0.2, 0) is 0 Å². The first-order chi connectivity index (χ1) is 10.0. The predicted octanol–water partition coefficient (Wildman–Crippen LogP) is 5.04. The second-order valence-electron chi connectivity index (χ2n) is 5.03. The van der Waals surface area contributed by atoms with Crippen LogP contribution >= 0.6 is 15.9 Å². The molecule has 3 nitrogen and oxygen atoms in total. The monoisotopic (exact) mass is 346 g/mol. The van der Waals surface area contributed by atoms with Gasteiger partial charge in [0, 0.05) is 4.47 Å². The second kappa shape index (κ2) is 6.76. The Morgan fingerprint density at radius 2 is 1.90 bits per heavy atom. The summed E-state index contributed by atoms with van der Waals surface area (Å²) in [6, 6.07) is 13.5. The van der Waals surface area contributed by atoms with Crippen LogP contribution in [0.3, 0.4) is 0 Å². The average molecular weight is 347 g/mol. The summed E-state index contributed by atoms with van der Waals surface area (Å²) in [6.45, 7) is 4.38. The third-order valence-corrected chi connectivity index (χ3v) is 4.01. The lowest BCUT2D eigenvalue weighted by molar-refractivity contribution is 0.481. The summed E-state index contributed by atoms with van der Waals surface area (Å²) in [5.41, 5.74) is 7.48. The van der Waals surface area contributed by atoms with Crippen molar-refractivity contribution >= 4 is 21.8 Å². The largest absolute Gasteiger partial charge is 0.457 e. The molecule has 0 saturated heterocycles. The van der Waals surface area contributed by atoms with Gasteiger partial charge in [-0.1, -0.05) is 41.9 Å². The van der Waals surface area contributed by atoms with Gasteiger partial charge in [-0.05, 0) is 48.2 Å². The van der Waals surface area contributed by atoms with E-state index in [2.05, 4.69) is 41.9 Å². The quantitative estimate of drug-likeness (QED) is 0.588. The van der Waals surface area contributed by atoms with E-state index in [9.17, 15) is 0 Å². The number of hydrogen-bond donors (Lipinski definition) is 2. The Morgan fingerprint density at radius 3 is 2.48 bits per heavy atom. The molecule has 0 aliphatic rings. The zero-order valence-electron chi connectivity index (χ0n) is 12.2. The van der Waals surface area contributed by atoms with Crippen molar-refractivity contribution in [3.05, 3.63) is 58.1 Å². The van der Waals surface area contributed by atoms with Gasteiger partial charge in [0.15, 0.2) is 0 Å². The minimum absolute atomic E-state index is 0.0116. The summed E-state index contributed by atoms with van der Waals surface area (Å²) in [5, 5.41) is 7.63. The maximum atomic E-state index is 7.63. The molecule has 0 heterocycles. The summed E-state index contributed by atoms with van der Waals surface area (Å²) in [7, 11) is 0. The van der Waals surface area contributed by atoms with Crippen LogP contribution in [-0.4, -0.2) is 5.84 Å². The van der Waals surface area contributed by atoms with Crippen molar-refractivity contribution in [1.82, 2.24) is 0 Å². The summed E-state index contributed by atoms with van der Waals surface area (Å²) >= 11 is 3.38. The van der Waals surface area contributed by atoms with Crippen molar-refractivity contribution in [2.45, 2.75) is 26.2 Å². The normalized spacial score (nSPS) is 12.0. The van der Waals surface area contributed by atoms with E-state index in [0.29, 0.717) is 17.2 Å². The van der Waals surface area contributed by atoms with Gasteiger partial charge in [0.2, 0.25) is 0 Å². The molecule has 4 heteroatoms. The van der Waals surface area contributed by atoms with Crippen molar-refractivity contribution in [3.63, 3.8) is 0 Å². The summed E-state index contributed by atoms with van der Waals surface area (Å²) in [6.07, 6.45) is 1.11.